The maximum absolute atomic E-state index is 12.2. The van der Waals surface area contributed by atoms with Crippen molar-refractivity contribution in [2.24, 2.45) is 0 Å². The topological polar surface area (TPSA) is 73.4 Å². The Morgan fingerprint density at radius 2 is 2.19 bits per heavy atom. The van der Waals surface area contributed by atoms with E-state index < -0.39 is 0 Å². The van der Waals surface area contributed by atoms with Gasteiger partial charge in [-0.25, -0.2) is 0 Å². The highest BCUT2D eigenvalue weighted by Gasteiger charge is 2.26. The zero-order valence-corrected chi connectivity index (χ0v) is 12.4. The molecule has 0 bridgehead atoms. The summed E-state index contributed by atoms with van der Waals surface area (Å²) in [7, 11) is 0. The number of nitriles is 1. The number of furan rings is 1. The quantitative estimate of drug-likeness (QED) is 0.847. The molecule has 0 spiro atoms. The molecular weight excluding hydrogens is 288 g/mol. The van der Waals surface area contributed by atoms with Crippen LogP contribution in [0.15, 0.2) is 22.8 Å². The Kier molecular flexibility index (Phi) is 3.62. The van der Waals surface area contributed by atoms with E-state index in [2.05, 4.69) is 15.3 Å². The molecule has 0 aromatic carbocycles. The van der Waals surface area contributed by atoms with Gasteiger partial charge < -0.3 is 14.2 Å². The number of hydrogen-bond acceptors (Lipinski definition) is 6. The van der Waals surface area contributed by atoms with Crippen LogP contribution in [0, 0.1) is 18.3 Å². The molecule has 6 nitrogen and oxygen atoms in total. The standard InChI is InChI=1S/C14H14N4O2S/c1-10-11(9-15)14(21-16-10)18-6-4-17(5-7-18)13(19)12-3-2-8-20-12/h2-3,8H,4-7H2,1H3. The first-order valence-electron chi connectivity index (χ1n) is 6.65. The number of anilines is 1. The van der Waals surface area contributed by atoms with Gasteiger partial charge in [-0.3, -0.25) is 4.79 Å². The number of carbonyl (C=O) groups excluding carboxylic acids is 1. The van der Waals surface area contributed by atoms with Gasteiger partial charge >= 0.3 is 0 Å². The summed E-state index contributed by atoms with van der Waals surface area (Å²) < 4.78 is 9.38. The summed E-state index contributed by atoms with van der Waals surface area (Å²) in [6.07, 6.45) is 1.50. The van der Waals surface area contributed by atoms with Gasteiger partial charge in [0.15, 0.2) is 5.76 Å². The largest absolute Gasteiger partial charge is 0.459 e. The van der Waals surface area contributed by atoms with Gasteiger partial charge in [-0.2, -0.15) is 9.64 Å². The van der Waals surface area contributed by atoms with Crippen molar-refractivity contribution in [2.75, 3.05) is 31.1 Å². The van der Waals surface area contributed by atoms with E-state index in [0.717, 1.165) is 10.7 Å². The molecule has 2 aromatic rings. The van der Waals surface area contributed by atoms with Gasteiger partial charge in [0, 0.05) is 26.2 Å². The van der Waals surface area contributed by atoms with Crippen molar-refractivity contribution in [3.63, 3.8) is 0 Å². The lowest BCUT2D eigenvalue weighted by atomic mass is 10.2. The van der Waals surface area contributed by atoms with Crippen molar-refractivity contribution in [1.29, 1.82) is 5.26 Å². The molecule has 108 valence electrons. The zero-order chi connectivity index (χ0) is 14.8. The number of aromatic nitrogens is 1. The molecule has 0 radical (unpaired) electrons. The summed E-state index contributed by atoms with van der Waals surface area (Å²) in [5.74, 6) is 0.287. The summed E-state index contributed by atoms with van der Waals surface area (Å²) in [6, 6.07) is 5.59. The molecule has 0 saturated carbocycles. The summed E-state index contributed by atoms with van der Waals surface area (Å²) >= 11 is 1.35. The fourth-order valence-corrected chi connectivity index (χ4v) is 3.27. The van der Waals surface area contributed by atoms with Crippen LogP contribution in [0.5, 0.6) is 0 Å². The lowest BCUT2D eigenvalue weighted by Gasteiger charge is -2.34. The third-order valence-corrected chi connectivity index (χ3v) is 4.54. The van der Waals surface area contributed by atoms with E-state index in [-0.39, 0.29) is 5.91 Å². The molecule has 0 unspecified atom stereocenters. The van der Waals surface area contributed by atoms with Crippen LogP contribution in [0.3, 0.4) is 0 Å². The minimum absolute atomic E-state index is 0.0827. The predicted octanol–water partition coefficient (Wildman–Crippen LogP) is 1.88. The lowest BCUT2D eigenvalue weighted by molar-refractivity contribution is 0.0715. The average Bonchev–Trinajstić information content (AvgIpc) is 3.16. The van der Waals surface area contributed by atoms with Crippen LogP contribution in [0.1, 0.15) is 21.8 Å². The molecule has 0 aliphatic carbocycles. The number of carbonyl (C=O) groups is 1. The van der Waals surface area contributed by atoms with Gasteiger partial charge in [-0.1, -0.05) is 0 Å². The highest BCUT2D eigenvalue weighted by atomic mass is 32.1. The van der Waals surface area contributed by atoms with Crippen LogP contribution >= 0.6 is 11.5 Å². The first kappa shape index (κ1) is 13.6. The Balaban J connectivity index is 1.68. The van der Waals surface area contributed by atoms with Gasteiger partial charge in [-0.15, -0.1) is 0 Å². The van der Waals surface area contributed by atoms with E-state index in [1.165, 1.54) is 17.8 Å². The van der Waals surface area contributed by atoms with E-state index in [0.29, 0.717) is 37.5 Å². The zero-order valence-electron chi connectivity index (χ0n) is 11.6. The summed E-state index contributed by atoms with van der Waals surface area (Å²) in [5, 5.41) is 10.1. The molecule has 1 aliphatic heterocycles. The van der Waals surface area contributed by atoms with Gasteiger partial charge in [0.2, 0.25) is 0 Å². The molecule has 7 heteroatoms. The summed E-state index contributed by atoms with van der Waals surface area (Å²) in [4.78, 5) is 16.1. The van der Waals surface area contributed by atoms with Crippen LogP contribution < -0.4 is 4.90 Å². The van der Waals surface area contributed by atoms with Gasteiger partial charge in [0.1, 0.15) is 16.6 Å². The number of amides is 1. The van der Waals surface area contributed by atoms with Crippen molar-refractivity contribution in [3.8, 4) is 6.07 Å². The summed E-state index contributed by atoms with van der Waals surface area (Å²) in [6.45, 7) is 4.46. The smallest absolute Gasteiger partial charge is 0.289 e. The fraction of sp³-hybridized carbons (Fsp3) is 0.357. The second-order valence-electron chi connectivity index (χ2n) is 4.82. The van der Waals surface area contributed by atoms with Crippen molar-refractivity contribution < 1.29 is 9.21 Å². The molecular formula is C14H14N4O2S. The number of piperazine rings is 1. The SMILES string of the molecule is Cc1nsc(N2CCN(C(=O)c3ccco3)CC2)c1C#N. The average molecular weight is 302 g/mol. The number of rotatable bonds is 2. The van der Waals surface area contributed by atoms with Gasteiger partial charge in [0.05, 0.1) is 12.0 Å². The van der Waals surface area contributed by atoms with Crippen LogP contribution in [0.2, 0.25) is 0 Å². The molecule has 1 fully saturated rings. The summed E-state index contributed by atoms with van der Waals surface area (Å²) in [5.41, 5.74) is 1.41. The Hall–Kier alpha value is -2.33. The van der Waals surface area contributed by atoms with Crippen molar-refractivity contribution in [1.82, 2.24) is 9.27 Å². The molecule has 3 heterocycles. The highest BCUT2D eigenvalue weighted by molar-refractivity contribution is 7.10. The van der Waals surface area contributed by atoms with Crippen LogP contribution in [0.25, 0.3) is 0 Å². The Morgan fingerprint density at radius 1 is 1.43 bits per heavy atom. The second-order valence-corrected chi connectivity index (χ2v) is 5.57. The molecule has 1 aliphatic rings. The minimum atomic E-state index is -0.0827. The molecule has 2 aromatic heterocycles. The molecule has 3 rings (SSSR count). The normalized spacial score (nSPS) is 15.0. The van der Waals surface area contributed by atoms with Gasteiger partial charge in [0.25, 0.3) is 5.91 Å². The monoisotopic (exact) mass is 302 g/mol. The second kappa shape index (κ2) is 5.58. The van der Waals surface area contributed by atoms with E-state index in [9.17, 15) is 10.1 Å². The third-order valence-electron chi connectivity index (χ3n) is 3.54. The Bertz CT molecular complexity index is 678. The fourth-order valence-electron chi connectivity index (χ4n) is 2.37. The molecule has 21 heavy (non-hydrogen) atoms. The van der Waals surface area contributed by atoms with E-state index in [1.807, 2.05) is 6.92 Å². The molecule has 0 N–H and O–H groups in total. The van der Waals surface area contributed by atoms with Crippen molar-refractivity contribution >= 4 is 22.4 Å². The van der Waals surface area contributed by atoms with E-state index >= 15 is 0 Å². The van der Waals surface area contributed by atoms with Crippen LogP contribution in [0.4, 0.5) is 5.00 Å². The number of aryl methyl sites for hydroxylation is 1. The number of hydrogen-bond donors (Lipinski definition) is 0. The predicted molar refractivity (Wildman–Crippen MR) is 78.4 cm³/mol. The molecule has 1 amide bonds. The Morgan fingerprint density at radius 3 is 2.81 bits per heavy atom. The van der Waals surface area contributed by atoms with Crippen molar-refractivity contribution in [2.45, 2.75) is 6.92 Å². The maximum Gasteiger partial charge on any atom is 0.289 e. The maximum atomic E-state index is 12.2. The first-order chi connectivity index (χ1) is 10.2. The van der Waals surface area contributed by atoms with E-state index in [4.69, 9.17) is 4.42 Å². The minimum Gasteiger partial charge on any atom is -0.459 e. The van der Waals surface area contributed by atoms with E-state index in [1.54, 1.807) is 17.0 Å². The lowest BCUT2D eigenvalue weighted by Crippen LogP contribution is -2.48. The molecule has 0 atom stereocenters. The third kappa shape index (κ3) is 2.50. The highest BCUT2D eigenvalue weighted by Crippen LogP contribution is 2.28. The van der Waals surface area contributed by atoms with Crippen LogP contribution in [-0.2, 0) is 0 Å². The number of nitrogens with zero attached hydrogens (tertiary/aromatic N) is 4. The van der Waals surface area contributed by atoms with Gasteiger partial charge in [-0.05, 0) is 30.6 Å². The Labute approximate surface area is 126 Å². The molecule has 1 saturated heterocycles. The van der Waals surface area contributed by atoms with Crippen molar-refractivity contribution in [3.05, 3.63) is 35.4 Å². The van der Waals surface area contributed by atoms with Crippen LogP contribution in [-0.4, -0.2) is 41.4 Å². The first-order valence-corrected chi connectivity index (χ1v) is 7.42.